The summed E-state index contributed by atoms with van der Waals surface area (Å²) in [7, 11) is 0. The zero-order chi connectivity index (χ0) is 14.9. The molecule has 0 unspecified atom stereocenters. The van der Waals surface area contributed by atoms with Crippen molar-refractivity contribution in [3.8, 4) is 22.6 Å². The minimum absolute atomic E-state index is 0.816. The first kappa shape index (κ1) is 12.8. The Hall–Kier alpha value is -2.94. The maximum Gasteiger partial charge on any atom is 0.366 e. The Morgan fingerprint density at radius 1 is 0.818 bits per heavy atom. The summed E-state index contributed by atoms with van der Waals surface area (Å²) < 4.78 is 7.85. The largest absolute Gasteiger partial charge is 0.366 e. The second-order valence-corrected chi connectivity index (χ2v) is 5.27. The van der Waals surface area contributed by atoms with Crippen molar-refractivity contribution in [3.05, 3.63) is 78.5 Å². The summed E-state index contributed by atoms with van der Waals surface area (Å²) in [6.45, 7) is 2.00. The fourth-order valence-corrected chi connectivity index (χ4v) is 2.62. The molecular weight excluding hydrogens is 272 g/mol. The maximum atomic E-state index is 6.05. The smallest absolute Gasteiger partial charge is 0.295 e. The van der Waals surface area contributed by atoms with Gasteiger partial charge in [-0.25, -0.2) is 0 Å². The van der Waals surface area contributed by atoms with E-state index in [4.69, 9.17) is 4.52 Å². The summed E-state index contributed by atoms with van der Waals surface area (Å²) in [5.74, 6) is 0.816. The molecular formula is C19H15N2O+. The van der Waals surface area contributed by atoms with Crippen molar-refractivity contribution in [2.75, 3.05) is 0 Å². The molecule has 22 heavy (non-hydrogen) atoms. The Balaban J connectivity index is 1.97. The van der Waals surface area contributed by atoms with E-state index in [0.717, 1.165) is 33.9 Å². The third kappa shape index (κ3) is 2.17. The quantitative estimate of drug-likeness (QED) is 0.520. The van der Waals surface area contributed by atoms with E-state index >= 15 is 0 Å². The van der Waals surface area contributed by atoms with E-state index in [-0.39, 0.29) is 0 Å². The lowest BCUT2D eigenvalue weighted by Gasteiger charge is -1.98. The number of hydrogen-bond acceptors (Lipinski definition) is 2. The molecule has 0 saturated heterocycles. The van der Waals surface area contributed by atoms with Gasteiger partial charge in [0.15, 0.2) is 17.1 Å². The van der Waals surface area contributed by atoms with Crippen molar-refractivity contribution >= 4 is 5.65 Å². The molecule has 0 radical (unpaired) electrons. The van der Waals surface area contributed by atoms with Crippen LogP contribution < -0.4 is 4.57 Å². The van der Waals surface area contributed by atoms with E-state index in [2.05, 4.69) is 17.1 Å². The van der Waals surface area contributed by atoms with E-state index in [1.807, 2.05) is 67.6 Å². The van der Waals surface area contributed by atoms with E-state index in [1.165, 1.54) is 0 Å². The van der Waals surface area contributed by atoms with Crippen LogP contribution in [0.5, 0.6) is 0 Å². The third-order valence-electron chi connectivity index (χ3n) is 3.64. The second kappa shape index (κ2) is 5.11. The van der Waals surface area contributed by atoms with Gasteiger partial charge in [0.25, 0.3) is 0 Å². The van der Waals surface area contributed by atoms with Crippen LogP contribution in [0, 0.1) is 6.92 Å². The highest BCUT2D eigenvalue weighted by Crippen LogP contribution is 2.22. The highest BCUT2D eigenvalue weighted by Gasteiger charge is 2.20. The summed E-state index contributed by atoms with van der Waals surface area (Å²) in [6, 6.07) is 24.3. The average Bonchev–Trinajstić information content (AvgIpc) is 2.99. The molecule has 106 valence electrons. The molecule has 4 rings (SSSR count). The van der Waals surface area contributed by atoms with Gasteiger partial charge < -0.3 is 0 Å². The first-order valence-corrected chi connectivity index (χ1v) is 7.26. The molecule has 0 bridgehead atoms. The predicted molar refractivity (Wildman–Crippen MR) is 85.3 cm³/mol. The van der Waals surface area contributed by atoms with Crippen LogP contribution in [0.1, 0.15) is 5.69 Å². The first-order chi connectivity index (χ1) is 10.8. The zero-order valence-electron chi connectivity index (χ0n) is 12.2. The van der Waals surface area contributed by atoms with Crippen LogP contribution in [-0.2, 0) is 0 Å². The van der Waals surface area contributed by atoms with E-state index in [9.17, 15) is 0 Å². The number of aromatic nitrogens is 2. The van der Waals surface area contributed by atoms with Gasteiger partial charge in [0, 0.05) is 24.1 Å². The Labute approximate surface area is 128 Å². The number of hydrogen-bond donors (Lipinski definition) is 0. The molecule has 0 fully saturated rings. The van der Waals surface area contributed by atoms with Gasteiger partial charge in [-0.2, -0.15) is 0 Å². The molecule has 4 aromatic rings. The topological polar surface area (TPSA) is 30.1 Å². The Morgan fingerprint density at radius 3 is 2.14 bits per heavy atom. The standard InChI is InChI=1S/C19H15N2O/c1-14-12-17(15-8-4-2-5-9-15)21-19(20-14)13-18(22-21)16-10-6-3-7-11-16/h2-13H,1H3/q+1. The lowest BCUT2D eigenvalue weighted by Crippen LogP contribution is -2.23. The Kier molecular flexibility index (Phi) is 2.97. The van der Waals surface area contributed by atoms with Crippen molar-refractivity contribution in [2.45, 2.75) is 6.92 Å². The normalized spacial score (nSPS) is 11.0. The van der Waals surface area contributed by atoms with Crippen LogP contribution in [0.25, 0.3) is 28.2 Å². The van der Waals surface area contributed by atoms with Crippen molar-refractivity contribution in [1.82, 2.24) is 4.98 Å². The number of rotatable bonds is 2. The lowest BCUT2D eigenvalue weighted by atomic mass is 10.1. The number of fused-ring (bicyclic) bond motifs is 1. The van der Waals surface area contributed by atoms with Gasteiger partial charge in [-0.15, -0.1) is 0 Å². The second-order valence-electron chi connectivity index (χ2n) is 5.27. The fraction of sp³-hybridized carbons (Fsp3) is 0.0526. The Morgan fingerprint density at radius 2 is 1.45 bits per heavy atom. The van der Waals surface area contributed by atoms with Gasteiger partial charge in [0.05, 0.1) is 6.07 Å². The Bertz CT molecular complexity index is 928. The molecule has 2 aromatic heterocycles. The minimum atomic E-state index is 0.816. The molecule has 0 saturated carbocycles. The molecule has 0 atom stereocenters. The van der Waals surface area contributed by atoms with Crippen LogP contribution in [0.3, 0.4) is 0 Å². The first-order valence-electron chi connectivity index (χ1n) is 7.26. The van der Waals surface area contributed by atoms with Crippen LogP contribution in [0.2, 0.25) is 0 Å². The SMILES string of the molecule is Cc1cc(-c2ccccc2)[n+]2oc(-c3ccccc3)cc2n1. The van der Waals surface area contributed by atoms with Crippen molar-refractivity contribution < 1.29 is 9.10 Å². The summed E-state index contributed by atoms with van der Waals surface area (Å²) in [5.41, 5.74) is 4.95. The van der Waals surface area contributed by atoms with Gasteiger partial charge in [0.1, 0.15) is 0 Å². The maximum absolute atomic E-state index is 6.05. The van der Waals surface area contributed by atoms with Crippen molar-refractivity contribution in [3.63, 3.8) is 0 Å². The summed E-state index contributed by atoms with van der Waals surface area (Å²) in [5, 5.41) is 0. The highest BCUT2D eigenvalue weighted by molar-refractivity contribution is 5.62. The zero-order valence-corrected chi connectivity index (χ0v) is 12.2. The number of aryl methyl sites for hydroxylation is 1. The monoisotopic (exact) mass is 287 g/mol. The molecule has 2 aromatic carbocycles. The molecule has 0 aliphatic rings. The predicted octanol–water partition coefficient (Wildman–Crippen LogP) is 4.06. The molecule has 0 spiro atoms. The molecule has 0 aliphatic heterocycles. The average molecular weight is 287 g/mol. The summed E-state index contributed by atoms with van der Waals surface area (Å²) in [4.78, 5) is 4.58. The van der Waals surface area contributed by atoms with E-state index in [1.54, 1.807) is 4.57 Å². The minimum Gasteiger partial charge on any atom is -0.295 e. The van der Waals surface area contributed by atoms with Crippen molar-refractivity contribution in [2.24, 2.45) is 0 Å². The molecule has 0 aliphatic carbocycles. The van der Waals surface area contributed by atoms with Gasteiger partial charge in [-0.3, -0.25) is 4.52 Å². The molecule has 0 amide bonds. The summed E-state index contributed by atoms with van der Waals surface area (Å²) >= 11 is 0. The molecule has 0 N–H and O–H groups in total. The fourth-order valence-electron chi connectivity index (χ4n) is 2.62. The lowest BCUT2D eigenvalue weighted by molar-refractivity contribution is -0.706. The molecule has 3 nitrogen and oxygen atoms in total. The molecule has 2 heterocycles. The van der Waals surface area contributed by atoms with Crippen LogP contribution >= 0.6 is 0 Å². The van der Waals surface area contributed by atoms with E-state index in [0.29, 0.717) is 0 Å². The van der Waals surface area contributed by atoms with Crippen LogP contribution in [-0.4, -0.2) is 4.98 Å². The van der Waals surface area contributed by atoms with E-state index < -0.39 is 0 Å². The van der Waals surface area contributed by atoms with Crippen LogP contribution in [0.4, 0.5) is 0 Å². The van der Waals surface area contributed by atoms with Gasteiger partial charge in [0.2, 0.25) is 0 Å². The number of benzene rings is 2. The van der Waals surface area contributed by atoms with Crippen molar-refractivity contribution in [1.29, 1.82) is 0 Å². The highest BCUT2D eigenvalue weighted by atomic mass is 16.5. The van der Waals surface area contributed by atoms with Gasteiger partial charge in [-0.05, 0) is 9.56 Å². The van der Waals surface area contributed by atoms with Gasteiger partial charge in [-0.1, -0.05) is 60.7 Å². The third-order valence-corrected chi connectivity index (χ3v) is 3.64. The molecule has 3 heteroatoms. The summed E-state index contributed by atoms with van der Waals surface area (Å²) in [6.07, 6.45) is 0. The van der Waals surface area contributed by atoms with Crippen LogP contribution in [0.15, 0.2) is 77.3 Å². The van der Waals surface area contributed by atoms with Gasteiger partial charge >= 0.3 is 5.65 Å². The number of nitrogens with zero attached hydrogens (tertiary/aromatic N) is 2.